The summed E-state index contributed by atoms with van der Waals surface area (Å²) >= 11 is 0. The molecule has 19 heavy (non-hydrogen) atoms. The molecular weight excluding hydrogens is 244 g/mol. The molecule has 2 rings (SSSR count). The van der Waals surface area contributed by atoms with Gasteiger partial charge in [-0.1, -0.05) is 6.92 Å². The van der Waals surface area contributed by atoms with E-state index in [-0.39, 0.29) is 6.04 Å². The Morgan fingerprint density at radius 1 is 1.68 bits per heavy atom. The molecule has 1 fully saturated rings. The lowest BCUT2D eigenvalue weighted by molar-refractivity contribution is 0.00913. The fraction of sp³-hybridized carbons (Fsp3) is 0.769. The number of nitrogens with two attached hydrogens (primary N) is 1. The highest BCUT2D eigenvalue weighted by Gasteiger charge is 2.34. The van der Waals surface area contributed by atoms with Gasteiger partial charge in [-0.3, -0.25) is 16.0 Å². The van der Waals surface area contributed by atoms with E-state index in [2.05, 4.69) is 24.4 Å². The summed E-state index contributed by atoms with van der Waals surface area (Å²) in [6.45, 7) is 6.64. The van der Waals surface area contributed by atoms with Gasteiger partial charge < -0.3 is 9.47 Å². The van der Waals surface area contributed by atoms with E-state index in [1.807, 2.05) is 4.68 Å². The van der Waals surface area contributed by atoms with Crippen LogP contribution in [0.1, 0.15) is 32.0 Å². The first kappa shape index (κ1) is 14.3. The van der Waals surface area contributed by atoms with Gasteiger partial charge in [-0.2, -0.15) is 5.10 Å². The monoisotopic (exact) mass is 268 g/mol. The van der Waals surface area contributed by atoms with E-state index in [0.29, 0.717) is 11.8 Å². The molecule has 6 nitrogen and oxygen atoms in total. The Morgan fingerprint density at radius 3 is 3.05 bits per heavy atom. The Morgan fingerprint density at radius 2 is 2.47 bits per heavy atom. The van der Waals surface area contributed by atoms with E-state index in [0.717, 1.165) is 37.6 Å². The summed E-state index contributed by atoms with van der Waals surface area (Å²) in [6.07, 6.45) is 2.75. The number of aromatic nitrogens is 2. The Kier molecular flexibility index (Phi) is 4.79. The average Bonchev–Trinajstić information content (AvgIpc) is 2.85. The van der Waals surface area contributed by atoms with Crippen molar-refractivity contribution in [2.24, 2.45) is 17.7 Å². The summed E-state index contributed by atoms with van der Waals surface area (Å²) in [4.78, 5) is 0. The zero-order chi connectivity index (χ0) is 13.8. The molecule has 0 spiro atoms. The molecule has 3 atom stereocenters. The average molecular weight is 268 g/mol. The first-order valence-electron chi connectivity index (χ1n) is 6.86. The van der Waals surface area contributed by atoms with Gasteiger partial charge in [0.1, 0.15) is 0 Å². The molecule has 1 aliphatic rings. The Hall–Kier alpha value is -1.11. The molecule has 3 unspecified atom stereocenters. The first-order valence-corrected chi connectivity index (χ1v) is 6.86. The molecule has 2 heterocycles. The third-order valence-corrected chi connectivity index (χ3v) is 3.97. The number of nitrogens with zero attached hydrogens (tertiary/aromatic N) is 2. The SMILES string of the molecule is CCn1ncc(OC)c1C(NN)C1CCOCC1C. The third kappa shape index (κ3) is 2.75. The Labute approximate surface area is 114 Å². The van der Waals surface area contributed by atoms with Gasteiger partial charge in [0.05, 0.1) is 25.0 Å². The molecule has 6 heteroatoms. The summed E-state index contributed by atoms with van der Waals surface area (Å²) < 4.78 is 12.9. The van der Waals surface area contributed by atoms with Crippen molar-refractivity contribution in [3.63, 3.8) is 0 Å². The smallest absolute Gasteiger partial charge is 0.161 e. The lowest BCUT2D eigenvalue weighted by Crippen LogP contribution is -2.41. The number of aryl methyl sites for hydroxylation is 1. The van der Waals surface area contributed by atoms with Crippen molar-refractivity contribution in [2.75, 3.05) is 20.3 Å². The van der Waals surface area contributed by atoms with E-state index in [4.69, 9.17) is 15.3 Å². The predicted octanol–water partition coefficient (Wildman–Crippen LogP) is 1.09. The molecule has 3 N–H and O–H groups in total. The van der Waals surface area contributed by atoms with E-state index in [1.54, 1.807) is 13.3 Å². The second-order valence-electron chi connectivity index (χ2n) is 5.06. The molecule has 1 aliphatic heterocycles. The van der Waals surface area contributed by atoms with Crippen molar-refractivity contribution < 1.29 is 9.47 Å². The van der Waals surface area contributed by atoms with E-state index >= 15 is 0 Å². The van der Waals surface area contributed by atoms with Gasteiger partial charge in [0.15, 0.2) is 5.75 Å². The maximum absolute atomic E-state index is 5.82. The molecule has 1 aromatic rings. The van der Waals surface area contributed by atoms with Gasteiger partial charge in [-0.15, -0.1) is 0 Å². The number of rotatable bonds is 5. The van der Waals surface area contributed by atoms with E-state index in [9.17, 15) is 0 Å². The summed E-state index contributed by atoms with van der Waals surface area (Å²) in [5.74, 6) is 7.50. The van der Waals surface area contributed by atoms with Crippen molar-refractivity contribution in [3.05, 3.63) is 11.9 Å². The molecule has 0 bridgehead atoms. The summed E-state index contributed by atoms with van der Waals surface area (Å²) in [5, 5.41) is 4.36. The Bertz CT molecular complexity index is 386. The molecule has 0 aromatic carbocycles. The maximum atomic E-state index is 5.82. The van der Waals surface area contributed by atoms with Crippen molar-refractivity contribution in [1.82, 2.24) is 15.2 Å². The highest BCUT2D eigenvalue weighted by atomic mass is 16.5. The zero-order valence-corrected chi connectivity index (χ0v) is 11.9. The van der Waals surface area contributed by atoms with Crippen LogP contribution in [-0.4, -0.2) is 30.1 Å². The normalized spacial score (nSPS) is 25.3. The molecule has 1 aromatic heterocycles. The Balaban J connectivity index is 2.32. The van der Waals surface area contributed by atoms with Crippen LogP contribution in [0.4, 0.5) is 0 Å². The topological polar surface area (TPSA) is 74.3 Å². The maximum Gasteiger partial charge on any atom is 0.161 e. The lowest BCUT2D eigenvalue weighted by Gasteiger charge is -2.35. The fourth-order valence-electron chi connectivity index (χ4n) is 2.90. The van der Waals surface area contributed by atoms with Crippen LogP contribution in [0.5, 0.6) is 5.75 Å². The second kappa shape index (κ2) is 6.36. The van der Waals surface area contributed by atoms with Crippen molar-refractivity contribution in [1.29, 1.82) is 0 Å². The van der Waals surface area contributed by atoms with Crippen LogP contribution in [0.25, 0.3) is 0 Å². The van der Waals surface area contributed by atoms with Crippen molar-refractivity contribution in [2.45, 2.75) is 32.9 Å². The minimum Gasteiger partial charge on any atom is -0.493 e. The van der Waals surface area contributed by atoms with E-state index < -0.39 is 0 Å². The van der Waals surface area contributed by atoms with Gasteiger partial charge in [-0.05, 0) is 25.2 Å². The highest BCUT2D eigenvalue weighted by Crippen LogP contribution is 2.37. The molecule has 0 aliphatic carbocycles. The summed E-state index contributed by atoms with van der Waals surface area (Å²) in [7, 11) is 1.67. The van der Waals surface area contributed by atoms with Crippen LogP contribution in [0, 0.1) is 11.8 Å². The molecule has 1 saturated heterocycles. The van der Waals surface area contributed by atoms with Crippen LogP contribution in [0.2, 0.25) is 0 Å². The van der Waals surface area contributed by atoms with Crippen LogP contribution < -0.4 is 16.0 Å². The van der Waals surface area contributed by atoms with Gasteiger partial charge in [-0.25, -0.2) is 0 Å². The first-order chi connectivity index (χ1) is 9.22. The predicted molar refractivity (Wildman–Crippen MR) is 72.6 cm³/mol. The molecule has 0 amide bonds. The van der Waals surface area contributed by atoms with Crippen molar-refractivity contribution in [3.8, 4) is 5.75 Å². The van der Waals surface area contributed by atoms with Crippen LogP contribution in [0.15, 0.2) is 6.20 Å². The largest absolute Gasteiger partial charge is 0.493 e. The second-order valence-corrected chi connectivity index (χ2v) is 5.06. The van der Waals surface area contributed by atoms with Gasteiger partial charge in [0.25, 0.3) is 0 Å². The number of ether oxygens (including phenoxy) is 2. The van der Waals surface area contributed by atoms with Crippen LogP contribution in [-0.2, 0) is 11.3 Å². The molecule has 0 saturated carbocycles. The van der Waals surface area contributed by atoms with Crippen molar-refractivity contribution >= 4 is 0 Å². The minimum atomic E-state index is 0.0382. The summed E-state index contributed by atoms with van der Waals surface area (Å²) in [5.41, 5.74) is 3.99. The van der Waals surface area contributed by atoms with Gasteiger partial charge in [0.2, 0.25) is 0 Å². The summed E-state index contributed by atoms with van der Waals surface area (Å²) in [6, 6.07) is 0.0382. The molecular formula is C13H24N4O2. The molecule has 108 valence electrons. The highest BCUT2D eigenvalue weighted by molar-refractivity contribution is 5.29. The third-order valence-electron chi connectivity index (χ3n) is 3.97. The number of hydrazine groups is 1. The quantitative estimate of drug-likeness (QED) is 0.617. The van der Waals surface area contributed by atoms with Gasteiger partial charge in [0, 0.05) is 19.8 Å². The van der Waals surface area contributed by atoms with Crippen LogP contribution in [0.3, 0.4) is 0 Å². The van der Waals surface area contributed by atoms with Crippen LogP contribution >= 0.6 is 0 Å². The number of hydrogen-bond acceptors (Lipinski definition) is 5. The molecule has 0 radical (unpaired) electrons. The standard InChI is InChI=1S/C13H24N4O2/c1-4-17-13(11(18-3)7-15-17)12(16-14)10-5-6-19-8-9(10)2/h7,9-10,12,16H,4-6,8,14H2,1-3H3. The number of hydrogen-bond donors (Lipinski definition) is 2. The number of methoxy groups -OCH3 is 1. The minimum absolute atomic E-state index is 0.0382. The van der Waals surface area contributed by atoms with E-state index in [1.165, 1.54) is 0 Å². The zero-order valence-electron chi connectivity index (χ0n) is 11.9. The fourth-order valence-corrected chi connectivity index (χ4v) is 2.90. The van der Waals surface area contributed by atoms with Gasteiger partial charge >= 0.3 is 0 Å². The lowest BCUT2D eigenvalue weighted by atomic mass is 9.82. The number of nitrogens with one attached hydrogen (secondary N) is 1.